The minimum absolute atomic E-state index is 0.267. The lowest BCUT2D eigenvalue weighted by Crippen LogP contribution is -2.68. The molecule has 0 spiro atoms. The van der Waals surface area contributed by atoms with Gasteiger partial charge in [0.2, 0.25) is 0 Å². The fraction of sp³-hybridized carbons (Fsp3) is 0.571. The van der Waals surface area contributed by atoms with Gasteiger partial charge in [0.05, 0.1) is 11.8 Å². The third-order valence-electron chi connectivity index (χ3n) is 4.88. The van der Waals surface area contributed by atoms with E-state index in [0.29, 0.717) is 0 Å². The Hall–Kier alpha value is -0.680. The molecular weight excluding hydrogens is 303 g/mol. The van der Waals surface area contributed by atoms with Crippen LogP contribution in [0.15, 0.2) is 24.3 Å². The van der Waals surface area contributed by atoms with E-state index >= 15 is 0 Å². The summed E-state index contributed by atoms with van der Waals surface area (Å²) in [4.78, 5) is 24.4. The van der Waals surface area contributed by atoms with E-state index in [2.05, 4.69) is 0 Å². The maximum absolute atomic E-state index is 12.4. The Kier molecular flexibility index (Phi) is 3.14. The molecule has 0 saturated heterocycles. The van der Waals surface area contributed by atoms with Crippen LogP contribution < -0.4 is 0 Å². The molecule has 2 bridgehead atoms. The fourth-order valence-corrected chi connectivity index (χ4v) is 4.41. The number of rotatable bonds is 2. The van der Waals surface area contributed by atoms with Crippen molar-refractivity contribution in [1.29, 1.82) is 0 Å². The molecular formula is C14H14Cl2O4. The lowest BCUT2D eigenvalue weighted by atomic mass is 9.50. The summed E-state index contributed by atoms with van der Waals surface area (Å²) in [6.45, 7) is 0. The number of fused-ring (bicyclic) bond motifs is 1. The predicted octanol–water partition coefficient (Wildman–Crippen LogP) is 0.682. The zero-order chi connectivity index (χ0) is 14.7. The molecule has 4 aliphatic rings. The molecule has 1 fully saturated rings. The van der Waals surface area contributed by atoms with Gasteiger partial charge in [-0.25, -0.2) is 0 Å². The van der Waals surface area contributed by atoms with Gasteiger partial charge in [-0.1, -0.05) is 18.2 Å². The first-order chi connectivity index (χ1) is 9.40. The SMILES string of the molecule is O=C1C=C[C@@H]2[C@@H]([C@H]3C=C[C@@H]2C(=O)[C@]3(O)CCl)C1(O)CCl. The van der Waals surface area contributed by atoms with Gasteiger partial charge >= 0.3 is 0 Å². The maximum Gasteiger partial charge on any atom is 0.188 e. The van der Waals surface area contributed by atoms with Crippen molar-refractivity contribution in [1.82, 2.24) is 0 Å². The number of carbonyl (C=O) groups is 2. The fourth-order valence-electron chi connectivity index (χ4n) is 3.79. The van der Waals surface area contributed by atoms with Crippen molar-refractivity contribution in [3.63, 3.8) is 0 Å². The van der Waals surface area contributed by atoms with Crippen molar-refractivity contribution >= 4 is 34.8 Å². The van der Waals surface area contributed by atoms with Crippen molar-refractivity contribution in [2.24, 2.45) is 23.7 Å². The normalized spacial score (nSPS) is 49.6. The van der Waals surface area contributed by atoms with E-state index in [1.54, 1.807) is 18.2 Å². The van der Waals surface area contributed by atoms with Crippen LogP contribution in [0.3, 0.4) is 0 Å². The van der Waals surface area contributed by atoms with Crippen LogP contribution in [-0.4, -0.2) is 44.7 Å². The number of alkyl halides is 2. The summed E-state index contributed by atoms with van der Waals surface area (Å²) in [6, 6.07) is 0. The Balaban J connectivity index is 2.17. The molecule has 0 heterocycles. The lowest BCUT2D eigenvalue weighted by Gasteiger charge is -2.56. The van der Waals surface area contributed by atoms with Gasteiger partial charge in [-0.15, -0.1) is 23.2 Å². The van der Waals surface area contributed by atoms with Gasteiger partial charge in [0.15, 0.2) is 11.6 Å². The highest BCUT2D eigenvalue weighted by molar-refractivity contribution is 6.22. The molecule has 1 saturated carbocycles. The van der Waals surface area contributed by atoms with Gasteiger partial charge in [0, 0.05) is 17.8 Å². The van der Waals surface area contributed by atoms with Gasteiger partial charge in [-0.2, -0.15) is 0 Å². The molecule has 0 aromatic heterocycles. The molecule has 4 nitrogen and oxygen atoms in total. The predicted molar refractivity (Wildman–Crippen MR) is 73.6 cm³/mol. The molecule has 4 rings (SSSR count). The number of carbonyl (C=O) groups excluding carboxylic acids is 2. The van der Waals surface area contributed by atoms with Crippen LogP contribution in [0, 0.1) is 23.7 Å². The van der Waals surface area contributed by atoms with E-state index in [1.807, 2.05) is 0 Å². The molecule has 0 amide bonds. The molecule has 6 atom stereocenters. The summed E-state index contributed by atoms with van der Waals surface area (Å²) in [5.41, 5.74) is -3.51. The number of aliphatic hydroxyl groups is 2. The summed E-state index contributed by atoms with van der Waals surface area (Å²) in [5, 5.41) is 21.2. The van der Waals surface area contributed by atoms with Crippen molar-refractivity contribution < 1.29 is 19.8 Å². The molecule has 20 heavy (non-hydrogen) atoms. The zero-order valence-corrected chi connectivity index (χ0v) is 12.0. The molecule has 2 N–H and O–H groups in total. The van der Waals surface area contributed by atoms with Gasteiger partial charge in [-0.3, -0.25) is 9.59 Å². The van der Waals surface area contributed by atoms with E-state index in [9.17, 15) is 19.8 Å². The smallest absolute Gasteiger partial charge is 0.188 e. The molecule has 1 unspecified atom stereocenters. The summed E-state index contributed by atoms with van der Waals surface area (Å²) in [6.07, 6.45) is 6.33. The highest BCUT2D eigenvalue weighted by Gasteiger charge is 2.65. The second-order valence-electron chi connectivity index (χ2n) is 5.74. The zero-order valence-electron chi connectivity index (χ0n) is 10.5. The summed E-state index contributed by atoms with van der Waals surface area (Å²) >= 11 is 11.6. The monoisotopic (exact) mass is 316 g/mol. The number of ketones is 2. The second-order valence-corrected chi connectivity index (χ2v) is 6.28. The van der Waals surface area contributed by atoms with Crippen molar-refractivity contribution in [3.05, 3.63) is 24.3 Å². The van der Waals surface area contributed by atoms with Crippen molar-refractivity contribution in [2.45, 2.75) is 11.2 Å². The Morgan fingerprint density at radius 2 is 1.70 bits per heavy atom. The van der Waals surface area contributed by atoms with Crippen molar-refractivity contribution in [3.8, 4) is 0 Å². The topological polar surface area (TPSA) is 74.6 Å². The Labute approximate surface area is 126 Å². The minimum atomic E-state index is -1.77. The number of allylic oxidation sites excluding steroid dienone is 2. The molecule has 108 valence electrons. The second kappa shape index (κ2) is 4.41. The molecule has 0 aliphatic heterocycles. The maximum atomic E-state index is 12.4. The minimum Gasteiger partial charge on any atom is -0.380 e. The van der Waals surface area contributed by atoms with Crippen LogP contribution in [0.1, 0.15) is 0 Å². The van der Waals surface area contributed by atoms with Crippen LogP contribution in [-0.2, 0) is 9.59 Å². The summed E-state index contributed by atoms with van der Waals surface area (Å²) in [7, 11) is 0. The standard InChI is InChI=1S/C14H14Cl2O4/c15-5-13(19)9-3-1-8(12(13)18)7-2-4-10(17)14(20,6-16)11(7)9/h1-4,7-9,11,19-20H,5-6H2/t7-,8-,9+,11-,13-,14?/m0/s1. The Morgan fingerprint density at radius 1 is 1.05 bits per heavy atom. The third-order valence-corrected chi connectivity index (χ3v) is 5.69. The first-order valence-corrected chi connectivity index (χ1v) is 7.49. The van der Waals surface area contributed by atoms with Gasteiger partial charge < -0.3 is 10.2 Å². The third kappa shape index (κ3) is 1.51. The van der Waals surface area contributed by atoms with Crippen LogP contribution >= 0.6 is 23.2 Å². The van der Waals surface area contributed by atoms with E-state index < -0.39 is 34.7 Å². The number of halogens is 2. The Bertz CT molecular complexity index is 543. The molecule has 4 aliphatic carbocycles. The average molecular weight is 317 g/mol. The highest BCUT2D eigenvalue weighted by atomic mass is 35.5. The van der Waals surface area contributed by atoms with E-state index in [4.69, 9.17) is 23.2 Å². The number of Topliss-reactive ketones (excluding diaryl/α,β-unsaturated/α-hetero) is 1. The first-order valence-electron chi connectivity index (χ1n) is 6.42. The van der Waals surface area contributed by atoms with E-state index in [0.717, 1.165) is 0 Å². The summed E-state index contributed by atoms with van der Waals surface area (Å²) in [5.74, 6) is -3.63. The van der Waals surface area contributed by atoms with Gasteiger partial charge in [0.1, 0.15) is 11.2 Å². The van der Waals surface area contributed by atoms with Crippen molar-refractivity contribution in [2.75, 3.05) is 11.8 Å². The van der Waals surface area contributed by atoms with E-state index in [-0.39, 0.29) is 23.5 Å². The van der Waals surface area contributed by atoms with Crippen LogP contribution in [0.4, 0.5) is 0 Å². The number of hydrogen-bond acceptors (Lipinski definition) is 4. The first kappa shape index (κ1) is 14.3. The Morgan fingerprint density at radius 3 is 2.30 bits per heavy atom. The summed E-state index contributed by atoms with van der Waals surface area (Å²) < 4.78 is 0. The molecule has 0 aromatic carbocycles. The molecule has 6 heteroatoms. The van der Waals surface area contributed by atoms with Crippen LogP contribution in [0.2, 0.25) is 0 Å². The van der Waals surface area contributed by atoms with Crippen LogP contribution in [0.25, 0.3) is 0 Å². The number of hydrogen-bond donors (Lipinski definition) is 2. The van der Waals surface area contributed by atoms with Gasteiger partial charge in [0.25, 0.3) is 0 Å². The molecule has 0 aromatic rings. The largest absolute Gasteiger partial charge is 0.380 e. The quantitative estimate of drug-likeness (QED) is 0.580. The van der Waals surface area contributed by atoms with Crippen LogP contribution in [0.5, 0.6) is 0 Å². The average Bonchev–Trinajstić information content (AvgIpc) is 2.47. The highest BCUT2D eigenvalue weighted by Crippen LogP contribution is 2.54. The lowest BCUT2D eigenvalue weighted by molar-refractivity contribution is -0.174. The van der Waals surface area contributed by atoms with E-state index in [1.165, 1.54) is 6.08 Å². The van der Waals surface area contributed by atoms with Gasteiger partial charge in [-0.05, 0) is 12.0 Å². The molecule has 0 radical (unpaired) electrons.